The van der Waals surface area contributed by atoms with Crippen LogP contribution in [0.5, 0.6) is 6.01 Å². The van der Waals surface area contributed by atoms with E-state index >= 15 is 4.39 Å². The second-order valence-electron chi connectivity index (χ2n) is 10.3. The number of amides is 1. The number of pyridine rings is 1. The number of aromatic nitrogens is 3. The first-order valence-corrected chi connectivity index (χ1v) is 13.3. The number of nitrogens with zero attached hydrogens (tertiary/aromatic N) is 3. The Kier molecular flexibility index (Phi) is 5.91. The number of halogens is 2. The Bertz CT molecular complexity index is 1410. The highest BCUT2D eigenvalue weighted by atomic mass is 35.5. The Morgan fingerprint density at radius 3 is 2.84 bits per heavy atom. The molecule has 10 nitrogen and oxygen atoms in total. The summed E-state index contributed by atoms with van der Waals surface area (Å²) in [5.41, 5.74) is 2.75. The molecule has 7 rings (SSSR count). The highest BCUT2D eigenvalue weighted by molar-refractivity contribution is 6.33. The van der Waals surface area contributed by atoms with Gasteiger partial charge in [0.05, 0.1) is 29.8 Å². The lowest BCUT2D eigenvalue weighted by Crippen LogP contribution is -2.34. The zero-order chi connectivity index (χ0) is 26.0. The quantitative estimate of drug-likeness (QED) is 0.449. The topological polar surface area (TPSA) is 122 Å². The number of hydrogen-bond acceptors (Lipinski definition) is 8. The number of anilines is 1. The summed E-state index contributed by atoms with van der Waals surface area (Å²) >= 11 is 6.53. The number of nitrogens with one attached hydrogen (secondary N) is 2. The van der Waals surface area contributed by atoms with Crippen molar-refractivity contribution in [2.75, 3.05) is 31.6 Å². The number of H-pyrrole nitrogens is 1. The van der Waals surface area contributed by atoms with Gasteiger partial charge in [-0.05, 0) is 49.4 Å². The number of rotatable bonds is 5. The molecule has 3 aromatic rings. The highest BCUT2D eigenvalue weighted by Crippen LogP contribution is 2.38. The molecule has 0 radical (unpaired) electrons. The Labute approximate surface area is 222 Å². The molecular formula is C26H27ClFN5O5. The number of aromatic amines is 1. The number of aryl methyl sites for hydroxylation is 1. The Hall–Kier alpha value is -2.99. The number of hydrogen-bond donors (Lipinski definition) is 3. The number of aliphatic hydroxyl groups excluding tert-OH is 1. The van der Waals surface area contributed by atoms with Crippen LogP contribution in [-0.2, 0) is 15.9 Å². The molecule has 0 saturated carbocycles. The van der Waals surface area contributed by atoms with Crippen LogP contribution in [-0.4, -0.2) is 81.6 Å². The molecule has 200 valence electrons. The maximum Gasteiger partial charge on any atom is 0.296 e. The fraction of sp³-hybridized carbons (Fsp3) is 0.500. The number of benzene rings is 1. The Morgan fingerprint density at radius 1 is 1.18 bits per heavy atom. The molecule has 2 aromatic heterocycles. The van der Waals surface area contributed by atoms with Crippen LogP contribution < -0.4 is 10.1 Å². The van der Waals surface area contributed by atoms with E-state index in [2.05, 4.69) is 20.3 Å². The minimum Gasteiger partial charge on any atom is -0.456 e. The van der Waals surface area contributed by atoms with E-state index in [9.17, 15) is 9.90 Å². The predicted octanol–water partition coefficient (Wildman–Crippen LogP) is 2.99. The largest absolute Gasteiger partial charge is 0.456 e. The highest BCUT2D eigenvalue weighted by Gasteiger charge is 2.48. The molecule has 3 N–H and O–H groups in total. The first-order chi connectivity index (χ1) is 18.4. The fourth-order valence-corrected chi connectivity index (χ4v) is 6.20. The van der Waals surface area contributed by atoms with Gasteiger partial charge in [-0.15, -0.1) is 0 Å². The van der Waals surface area contributed by atoms with Crippen LogP contribution in [0.3, 0.4) is 0 Å². The number of imidazole rings is 1. The maximum absolute atomic E-state index is 15.3. The molecule has 3 fully saturated rings. The zero-order valence-electron chi connectivity index (χ0n) is 20.5. The second kappa shape index (κ2) is 9.33. The third kappa shape index (κ3) is 4.08. The van der Waals surface area contributed by atoms with Crippen LogP contribution in [0.4, 0.5) is 10.2 Å². The van der Waals surface area contributed by atoms with E-state index in [-0.39, 0.29) is 37.3 Å². The van der Waals surface area contributed by atoms with Crippen LogP contribution in [0.15, 0.2) is 18.2 Å². The summed E-state index contributed by atoms with van der Waals surface area (Å²) in [6.07, 6.45) is 1.42. The number of likely N-dealkylation sites (tertiary alicyclic amines) is 1. The normalized spacial score (nSPS) is 28.2. The van der Waals surface area contributed by atoms with Gasteiger partial charge in [-0.3, -0.25) is 4.79 Å². The number of carbonyl (C=O) groups excluding carboxylic acids is 1. The van der Waals surface area contributed by atoms with Crippen molar-refractivity contribution >= 4 is 34.5 Å². The van der Waals surface area contributed by atoms with Crippen molar-refractivity contribution in [2.24, 2.45) is 0 Å². The summed E-state index contributed by atoms with van der Waals surface area (Å²) in [7, 11) is 0. The van der Waals surface area contributed by atoms with Gasteiger partial charge in [0, 0.05) is 24.2 Å². The van der Waals surface area contributed by atoms with Crippen molar-refractivity contribution in [2.45, 2.75) is 56.1 Å². The van der Waals surface area contributed by atoms with Crippen molar-refractivity contribution < 1.29 is 28.5 Å². The van der Waals surface area contributed by atoms with Crippen LogP contribution >= 0.6 is 11.6 Å². The van der Waals surface area contributed by atoms with Crippen LogP contribution in [0, 0.1) is 5.82 Å². The summed E-state index contributed by atoms with van der Waals surface area (Å²) in [5.74, 6) is -0.120. The first-order valence-electron chi connectivity index (χ1n) is 13.0. The Balaban J connectivity index is 1.09. The van der Waals surface area contributed by atoms with Gasteiger partial charge in [-0.2, -0.15) is 4.98 Å². The second-order valence-corrected chi connectivity index (χ2v) is 10.7. The minimum absolute atomic E-state index is 0.109. The minimum atomic E-state index is -0.666. The molecule has 4 aliphatic rings. The molecule has 5 heterocycles. The smallest absolute Gasteiger partial charge is 0.296 e. The van der Waals surface area contributed by atoms with Gasteiger partial charge in [0.25, 0.3) is 11.9 Å². The van der Waals surface area contributed by atoms with Crippen molar-refractivity contribution in [3.63, 3.8) is 0 Å². The molecule has 1 amide bonds. The van der Waals surface area contributed by atoms with E-state index < -0.39 is 24.1 Å². The lowest BCUT2D eigenvalue weighted by molar-refractivity contribution is 0.00706. The maximum atomic E-state index is 15.3. The van der Waals surface area contributed by atoms with E-state index in [1.807, 2.05) is 6.07 Å². The van der Waals surface area contributed by atoms with Gasteiger partial charge in [0.2, 0.25) is 0 Å². The van der Waals surface area contributed by atoms with E-state index in [0.717, 1.165) is 31.5 Å². The molecule has 3 saturated heterocycles. The number of carbonyl (C=O) groups is 1. The summed E-state index contributed by atoms with van der Waals surface area (Å²) in [5, 5.41) is 13.6. The van der Waals surface area contributed by atoms with Gasteiger partial charge in [0.1, 0.15) is 29.9 Å². The Morgan fingerprint density at radius 2 is 2.00 bits per heavy atom. The van der Waals surface area contributed by atoms with Crippen molar-refractivity contribution in [1.29, 1.82) is 0 Å². The van der Waals surface area contributed by atoms with Crippen molar-refractivity contribution in [3.8, 4) is 6.01 Å². The zero-order valence-corrected chi connectivity index (χ0v) is 21.2. The van der Waals surface area contributed by atoms with Crippen molar-refractivity contribution in [3.05, 3.63) is 45.7 Å². The molecule has 0 bridgehead atoms. The van der Waals surface area contributed by atoms with Crippen LogP contribution in [0.1, 0.15) is 46.8 Å². The predicted molar refractivity (Wildman–Crippen MR) is 135 cm³/mol. The number of aliphatic hydroxyl groups is 1. The van der Waals surface area contributed by atoms with Gasteiger partial charge in [-0.25, -0.2) is 9.37 Å². The SMILES string of the molecule is O=C(c1cc(F)c2c(c1)CCC2Nc1nc2nc(O[C@@H]3CO[C@H]4[C@@H]3OC[C@H]4O)[nH]c2cc1Cl)N1CCCC1. The van der Waals surface area contributed by atoms with Crippen LogP contribution in [0.25, 0.3) is 11.2 Å². The third-order valence-electron chi connectivity index (χ3n) is 7.87. The standard InChI is InChI=1S/C26H27ClFN5O5/c27-14-9-17-24(32-26(30-17)38-19-11-37-21-18(34)10-36-22(19)21)31-23(14)29-16-4-3-12-7-13(8-15(28)20(12)16)25(35)33-5-1-2-6-33/h7-9,16,18-19,21-22,34H,1-6,10-11H2,(H2,29,30,31,32)/t16?,18-,19-,21-,22-/m1/s1. The lowest BCUT2D eigenvalue weighted by atomic mass is 10.0. The van der Waals surface area contributed by atoms with Crippen LogP contribution in [0.2, 0.25) is 5.02 Å². The molecule has 5 atom stereocenters. The van der Waals surface area contributed by atoms with Crippen molar-refractivity contribution in [1.82, 2.24) is 19.9 Å². The molecule has 38 heavy (non-hydrogen) atoms. The van der Waals surface area contributed by atoms with E-state index in [1.165, 1.54) is 6.07 Å². The molecule has 3 aliphatic heterocycles. The molecule has 1 aliphatic carbocycles. The molecule has 1 unspecified atom stereocenters. The summed E-state index contributed by atoms with van der Waals surface area (Å²) in [6, 6.07) is 4.77. The van der Waals surface area contributed by atoms with Gasteiger partial charge < -0.3 is 34.5 Å². The fourth-order valence-electron chi connectivity index (χ4n) is 5.99. The van der Waals surface area contributed by atoms with Gasteiger partial charge >= 0.3 is 0 Å². The number of ether oxygens (including phenoxy) is 3. The first kappa shape index (κ1) is 24.1. The average Bonchev–Trinajstić information content (AvgIpc) is 3.71. The lowest BCUT2D eigenvalue weighted by Gasteiger charge is -2.18. The summed E-state index contributed by atoms with van der Waals surface area (Å²) in [6.45, 7) is 1.94. The monoisotopic (exact) mass is 543 g/mol. The molecule has 1 aromatic carbocycles. The summed E-state index contributed by atoms with van der Waals surface area (Å²) < 4.78 is 32.4. The van der Waals surface area contributed by atoms with E-state index in [1.54, 1.807) is 11.0 Å². The molecular weight excluding hydrogens is 517 g/mol. The van der Waals surface area contributed by atoms with E-state index in [0.29, 0.717) is 46.0 Å². The number of fused-ring (bicyclic) bond motifs is 3. The average molecular weight is 544 g/mol. The molecule has 12 heteroatoms. The van der Waals surface area contributed by atoms with Gasteiger partial charge in [0.15, 0.2) is 11.8 Å². The summed E-state index contributed by atoms with van der Waals surface area (Å²) in [4.78, 5) is 26.6. The van der Waals surface area contributed by atoms with E-state index in [4.69, 9.17) is 25.8 Å². The van der Waals surface area contributed by atoms with Gasteiger partial charge in [-0.1, -0.05) is 11.6 Å². The molecule has 0 spiro atoms. The third-order valence-corrected chi connectivity index (χ3v) is 8.16.